The molecular weight excluding hydrogens is 653 g/mol. The van der Waals surface area contributed by atoms with Crippen LogP contribution < -0.4 is 31.0 Å². The fourth-order valence-electron chi connectivity index (χ4n) is 4.74. The number of ether oxygens (including phenoxy) is 3. The van der Waals surface area contributed by atoms with E-state index in [9.17, 15) is 5.11 Å². The number of nitrogen functional groups attached to an aromatic ring is 2. The summed E-state index contributed by atoms with van der Waals surface area (Å²) < 4.78 is 18.8. The lowest BCUT2D eigenvalue weighted by Gasteiger charge is -2.22. The van der Waals surface area contributed by atoms with Crippen molar-refractivity contribution in [2.24, 2.45) is 17.4 Å². The molecule has 0 spiro atoms. The quantitative estimate of drug-likeness (QED) is 0.0726. The molecule has 2 aromatic heterocycles. The highest BCUT2D eigenvalue weighted by Crippen LogP contribution is 2.31. The van der Waals surface area contributed by atoms with E-state index < -0.39 is 0 Å². The molecule has 3 heterocycles. The Kier molecular flexibility index (Phi) is 13.1. The van der Waals surface area contributed by atoms with Crippen molar-refractivity contribution >= 4 is 79.3 Å². The summed E-state index contributed by atoms with van der Waals surface area (Å²) in [6.45, 7) is 3.29. The van der Waals surface area contributed by atoms with Gasteiger partial charge in [-0.05, 0) is 96.4 Å². The average Bonchev–Trinajstić information content (AvgIpc) is 3.64. The first-order valence-corrected chi connectivity index (χ1v) is 15.5. The number of halogens is 2. The molecule has 45 heavy (non-hydrogen) atoms. The summed E-state index contributed by atoms with van der Waals surface area (Å²) in [6, 6.07) is 20.8. The van der Waals surface area contributed by atoms with Crippen LogP contribution in [0.25, 0.3) is 20.2 Å². The molecule has 3 aromatic carbocycles. The van der Waals surface area contributed by atoms with Crippen LogP contribution in [0.3, 0.4) is 0 Å². The van der Waals surface area contributed by atoms with Crippen molar-refractivity contribution in [3.63, 3.8) is 0 Å². The van der Waals surface area contributed by atoms with Gasteiger partial charge in [0, 0.05) is 21.9 Å². The number of phenols is 1. The van der Waals surface area contributed by atoms with E-state index >= 15 is 0 Å². The normalized spacial score (nSPS) is 13.9. The second kappa shape index (κ2) is 16.5. The number of methoxy groups -OCH3 is 1. The van der Waals surface area contributed by atoms with E-state index in [2.05, 4.69) is 5.32 Å². The Morgan fingerprint density at radius 3 is 1.98 bits per heavy atom. The van der Waals surface area contributed by atoms with Gasteiger partial charge in [0.25, 0.3) is 0 Å². The van der Waals surface area contributed by atoms with Gasteiger partial charge in [0.05, 0.1) is 23.5 Å². The lowest BCUT2D eigenvalue weighted by atomic mass is 10.0. The maximum Gasteiger partial charge on any atom is 0.160 e. The van der Waals surface area contributed by atoms with Crippen molar-refractivity contribution in [1.29, 1.82) is 10.8 Å². The number of amidine groups is 2. The second-order valence-corrected chi connectivity index (χ2v) is 12.4. The molecule has 6 rings (SSSR count). The van der Waals surface area contributed by atoms with E-state index in [4.69, 9.17) is 36.5 Å². The lowest BCUT2D eigenvalue weighted by molar-refractivity contribution is 0.218. The Morgan fingerprint density at radius 2 is 1.47 bits per heavy atom. The third-order valence-electron chi connectivity index (χ3n) is 7.05. The van der Waals surface area contributed by atoms with Gasteiger partial charge in [0.2, 0.25) is 0 Å². The van der Waals surface area contributed by atoms with Crippen molar-refractivity contribution in [1.82, 2.24) is 5.32 Å². The van der Waals surface area contributed by atoms with Crippen LogP contribution in [0.5, 0.6) is 23.0 Å². The molecular formula is C32H37Cl2N5O4S2. The molecule has 5 aromatic rings. The zero-order valence-corrected chi connectivity index (χ0v) is 27.9. The summed E-state index contributed by atoms with van der Waals surface area (Å²) in [5, 5.41) is 30.3. The number of rotatable bonds is 9. The number of fused-ring (bicyclic) bond motifs is 2. The minimum Gasteiger partial charge on any atom is -0.504 e. The molecule has 1 aliphatic rings. The van der Waals surface area contributed by atoms with E-state index in [0.717, 1.165) is 66.7 Å². The third kappa shape index (κ3) is 9.38. The number of phenolic OH excluding ortho intramolecular Hbond substituents is 1. The molecule has 0 aliphatic carbocycles. The van der Waals surface area contributed by atoms with E-state index in [1.807, 2.05) is 54.6 Å². The molecule has 240 valence electrons. The van der Waals surface area contributed by atoms with Crippen molar-refractivity contribution in [3.05, 3.63) is 82.0 Å². The van der Waals surface area contributed by atoms with Crippen LogP contribution in [0.15, 0.2) is 66.7 Å². The summed E-state index contributed by atoms with van der Waals surface area (Å²) in [6.07, 6.45) is 2.47. The molecule has 1 unspecified atom stereocenters. The molecule has 0 bridgehead atoms. The summed E-state index contributed by atoms with van der Waals surface area (Å²) in [5.74, 6) is 2.96. The highest BCUT2D eigenvalue weighted by atomic mass is 35.5. The second-order valence-electron chi connectivity index (χ2n) is 10.3. The third-order valence-corrected chi connectivity index (χ3v) is 9.31. The Hall–Kier alpha value is -3.74. The van der Waals surface area contributed by atoms with Crippen LogP contribution >= 0.6 is 47.5 Å². The minimum atomic E-state index is 0. The molecule has 0 radical (unpaired) electrons. The van der Waals surface area contributed by atoms with Crippen LogP contribution in [0.4, 0.5) is 0 Å². The zero-order chi connectivity index (χ0) is 30.3. The highest BCUT2D eigenvalue weighted by Gasteiger charge is 2.14. The predicted octanol–water partition coefficient (Wildman–Crippen LogP) is 6.89. The van der Waals surface area contributed by atoms with Gasteiger partial charge in [0.1, 0.15) is 29.8 Å². The maximum absolute atomic E-state index is 9.77. The largest absolute Gasteiger partial charge is 0.504 e. The fraction of sp³-hybridized carbons (Fsp3) is 0.250. The predicted molar refractivity (Wildman–Crippen MR) is 190 cm³/mol. The average molecular weight is 691 g/mol. The number of hydrogen-bond donors (Lipinski definition) is 6. The first-order chi connectivity index (χ1) is 20.8. The minimum absolute atomic E-state index is 0. The van der Waals surface area contributed by atoms with Crippen LogP contribution in [0, 0.1) is 16.7 Å². The van der Waals surface area contributed by atoms with Crippen LogP contribution in [0.1, 0.15) is 28.2 Å². The van der Waals surface area contributed by atoms with Crippen molar-refractivity contribution in [3.8, 4) is 23.0 Å². The molecule has 1 fully saturated rings. The molecule has 0 amide bonds. The Labute approximate surface area is 282 Å². The first-order valence-electron chi connectivity index (χ1n) is 13.9. The SMILES string of the molecule is COc1ccc(COc2ccc3cc(C(=N)N)sc3c2)cc1O.Cl.Cl.N=C(N)c1cc2ccc(OCC3CCCNC3)cc2s1. The smallest absolute Gasteiger partial charge is 0.160 e. The summed E-state index contributed by atoms with van der Waals surface area (Å²) >= 11 is 3.00. The number of nitrogens with one attached hydrogen (secondary N) is 3. The molecule has 9 nitrogen and oxygen atoms in total. The maximum atomic E-state index is 9.77. The number of thiophene rings is 2. The zero-order valence-electron chi connectivity index (χ0n) is 24.6. The molecule has 0 saturated carbocycles. The van der Waals surface area contributed by atoms with Gasteiger partial charge in [-0.15, -0.1) is 47.5 Å². The topological polar surface area (TPSA) is 160 Å². The highest BCUT2D eigenvalue weighted by molar-refractivity contribution is 7.21. The van der Waals surface area contributed by atoms with E-state index in [1.165, 1.54) is 42.6 Å². The summed E-state index contributed by atoms with van der Waals surface area (Å²) in [5.41, 5.74) is 11.9. The van der Waals surface area contributed by atoms with Crippen LogP contribution in [-0.2, 0) is 6.61 Å². The van der Waals surface area contributed by atoms with Crippen molar-refractivity contribution in [2.45, 2.75) is 19.4 Å². The van der Waals surface area contributed by atoms with Gasteiger partial charge in [-0.1, -0.05) is 6.07 Å². The Morgan fingerprint density at radius 1 is 0.867 bits per heavy atom. The molecule has 13 heteroatoms. The van der Waals surface area contributed by atoms with Gasteiger partial charge in [-0.2, -0.15) is 0 Å². The number of hydrogen-bond acceptors (Lipinski definition) is 9. The monoisotopic (exact) mass is 689 g/mol. The van der Waals surface area contributed by atoms with Crippen LogP contribution in [0.2, 0.25) is 0 Å². The molecule has 1 aliphatic heterocycles. The van der Waals surface area contributed by atoms with Gasteiger partial charge >= 0.3 is 0 Å². The van der Waals surface area contributed by atoms with Gasteiger partial charge in [-0.3, -0.25) is 10.8 Å². The van der Waals surface area contributed by atoms with E-state index in [-0.39, 0.29) is 42.2 Å². The lowest BCUT2D eigenvalue weighted by Crippen LogP contribution is -2.33. The summed E-state index contributed by atoms with van der Waals surface area (Å²) in [7, 11) is 1.51. The number of piperidine rings is 1. The van der Waals surface area contributed by atoms with Gasteiger partial charge in [-0.25, -0.2) is 0 Å². The summed E-state index contributed by atoms with van der Waals surface area (Å²) in [4.78, 5) is 1.56. The van der Waals surface area contributed by atoms with E-state index in [0.29, 0.717) is 18.3 Å². The van der Waals surface area contributed by atoms with Gasteiger partial charge < -0.3 is 36.1 Å². The first kappa shape index (κ1) is 35.7. The number of nitrogens with two attached hydrogens (primary N) is 2. The van der Waals surface area contributed by atoms with Gasteiger partial charge in [0.15, 0.2) is 11.5 Å². The number of aromatic hydroxyl groups is 1. The standard InChI is InChI=1S/C17H16N2O3S.C15H19N3OS.2ClH/c1-21-14-5-2-10(6-13(14)20)9-22-12-4-3-11-7-16(17(18)19)23-15(11)8-12;16-15(17)14-6-11-3-4-12(7-13(11)20-14)19-9-10-2-1-5-18-8-10;;/h2-8,20H,9H2,1H3,(H3,18,19);3-4,6-7,10,18H,1-2,5,8-9H2,(H3,16,17);2*1H. The number of benzene rings is 3. The van der Waals surface area contributed by atoms with Crippen molar-refractivity contribution in [2.75, 3.05) is 26.8 Å². The molecule has 1 atom stereocenters. The Balaban J connectivity index is 0.000000237. The fourth-order valence-corrected chi connectivity index (χ4v) is 6.65. The molecule has 8 N–H and O–H groups in total. The molecule has 1 saturated heterocycles. The Bertz CT molecular complexity index is 1750. The van der Waals surface area contributed by atoms with Crippen molar-refractivity contribution < 1.29 is 19.3 Å². The van der Waals surface area contributed by atoms with Crippen LogP contribution in [-0.4, -0.2) is 43.6 Å². The van der Waals surface area contributed by atoms with E-state index in [1.54, 1.807) is 12.1 Å².